The van der Waals surface area contributed by atoms with Gasteiger partial charge in [0.2, 0.25) is 0 Å². The van der Waals surface area contributed by atoms with Crippen molar-refractivity contribution in [2.75, 3.05) is 40.5 Å². The van der Waals surface area contributed by atoms with Crippen LogP contribution in [0.25, 0.3) is 0 Å². The zero-order valence-electron chi connectivity index (χ0n) is 11.1. The zero-order chi connectivity index (χ0) is 12.3. The average Bonchev–Trinajstić information content (AvgIpc) is 3.20. The molecule has 0 bridgehead atoms. The van der Waals surface area contributed by atoms with Crippen LogP contribution in [-0.4, -0.2) is 62.0 Å². The van der Waals surface area contributed by atoms with Crippen molar-refractivity contribution in [2.45, 2.75) is 37.3 Å². The van der Waals surface area contributed by atoms with Gasteiger partial charge < -0.3 is 15.2 Å². The van der Waals surface area contributed by atoms with Gasteiger partial charge in [-0.3, -0.25) is 4.90 Å². The highest BCUT2D eigenvalue weighted by atomic mass is 16.5. The summed E-state index contributed by atoms with van der Waals surface area (Å²) in [5, 5.41) is 13.1. The molecule has 0 spiro atoms. The van der Waals surface area contributed by atoms with Crippen molar-refractivity contribution >= 4 is 0 Å². The molecule has 0 aromatic carbocycles. The van der Waals surface area contributed by atoms with Crippen LogP contribution in [0, 0.1) is 5.92 Å². The van der Waals surface area contributed by atoms with Gasteiger partial charge in [-0.1, -0.05) is 0 Å². The molecule has 4 heteroatoms. The maximum atomic E-state index is 9.74. The normalized spacial score (nSPS) is 24.0. The third kappa shape index (κ3) is 3.19. The van der Waals surface area contributed by atoms with Crippen molar-refractivity contribution in [3.05, 3.63) is 0 Å². The summed E-state index contributed by atoms with van der Waals surface area (Å²) in [7, 11) is 3.74. The molecule has 17 heavy (non-hydrogen) atoms. The predicted octanol–water partition coefficient (Wildman–Crippen LogP) is 0.458. The third-order valence-corrected chi connectivity index (χ3v) is 4.27. The van der Waals surface area contributed by atoms with Gasteiger partial charge in [-0.15, -0.1) is 0 Å². The molecule has 4 nitrogen and oxygen atoms in total. The number of nitrogens with one attached hydrogen (secondary N) is 1. The molecule has 0 saturated heterocycles. The molecule has 1 unspecified atom stereocenters. The summed E-state index contributed by atoms with van der Waals surface area (Å²) in [4.78, 5) is 2.49. The Labute approximate surface area is 104 Å². The Balaban J connectivity index is 1.93. The van der Waals surface area contributed by atoms with E-state index in [0.717, 1.165) is 25.7 Å². The van der Waals surface area contributed by atoms with E-state index in [2.05, 4.69) is 10.2 Å². The van der Waals surface area contributed by atoms with E-state index in [1.807, 2.05) is 7.05 Å². The molecule has 0 aliphatic heterocycles. The van der Waals surface area contributed by atoms with E-state index in [9.17, 15) is 5.11 Å². The average molecular weight is 242 g/mol. The highest BCUT2D eigenvalue weighted by molar-refractivity contribution is 5.03. The van der Waals surface area contributed by atoms with E-state index >= 15 is 0 Å². The second-order valence-corrected chi connectivity index (χ2v) is 5.53. The van der Waals surface area contributed by atoms with Crippen LogP contribution in [0.4, 0.5) is 0 Å². The zero-order valence-corrected chi connectivity index (χ0v) is 11.1. The van der Waals surface area contributed by atoms with E-state index in [1.54, 1.807) is 7.11 Å². The van der Waals surface area contributed by atoms with Gasteiger partial charge in [0.05, 0.1) is 18.8 Å². The smallest absolute Gasteiger partial charge is 0.0628 e. The lowest BCUT2D eigenvalue weighted by Gasteiger charge is -2.37. The Morgan fingerprint density at radius 2 is 2.06 bits per heavy atom. The Kier molecular flexibility index (Phi) is 4.42. The van der Waals surface area contributed by atoms with Crippen molar-refractivity contribution in [3.63, 3.8) is 0 Å². The molecule has 0 radical (unpaired) electrons. The molecule has 2 fully saturated rings. The van der Waals surface area contributed by atoms with Gasteiger partial charge >= 0.3 is 0 Å². The molecule has 2 aliphatic carbocycles. The topological polar surface area (TPSA) is 44.7 Å². The fraction of sp³-hybridized carbons (Fsp3) is 1.00. The minimum atomic E-state index is -0.0870. The lowest BCUT2D eigenvalue weighted by atomic mass is 9.93. The van der Waals surface area contributed by atoms with Crippen LogP contribution in [-0.2, 0) is 4.74 Å². The van der Waals surface area contributed by atoms with Crippen LogP contribution in [0.2, 0.25) is 0 Å². The summed E-state index contributed by atoms with van der Waals surface area (Å²) in [6.45, 7) is 2.97. The number of rotatable bonds is 9. The molecule has 0 aromatic rings. The number of hydrogen-bond acceptors (Lipinski definition) is 4. The Morgan fingerprint density at radius 1 is 1.35 bits per heavy atom. The summed E-state index contributed by atoms with van der Waals surface area (Å²) < 4.78 is 5.18. The van der Waals surface area contributed by atoms with E-state index in [0.29, 0.717) is 5.92 Å². The van der Waals surface area contributed by atoms with Crippen LogP contribution in [0.15, 0.2) is 0 Å². The number of aliphatic hydroxyl groups excluding tert-OH is 1. The lowest BCUT2D eigenvalue weighted by molar-refractivity contribution is 0.0745. The largest absolute Gasteiger partial charge is 0.394 e. The van der Waals surface area contributed by atoms with Crippen LogP contribution in [0.3, 0.4) is 0 Å². The van der Waals surface area contributed by atoms with E-state index in [-0.39, 0.29) is 12.1 Å². The van der Waals surface area contributed by atoms with Gasteiger partial charge in [0.1, 0.15) is 0 Å². The van der Waals surface area contributed by atoms with Crippen LogP contribution in [0.1, 0.15) is 25.7 Å². The van der Waals surface area contributed by atoms with Gasteiger partial charge in [0.15, 0.2) is 0 Å². The van der Waals surface area contributed by atoms with Crippen LogP contribution >= 0.6 is 0 Å². The molecular weight excluding hydrogens is 216 g/mol. The minimum absolute atomic E-state index is 0.0870. The van der Waals surface area contributed by atoms with Crippen LogP contribution < -0.4 is 5.32 Å². The molecule has 100 valence electrons. The number of nitrogens with zero attached hydrogens (tertiary/aromatic N) is 1. The number of aliphatic hydroxyl groups is 1. The van der Waals surface area contributed by atoms with Crippen LogP contribution in [0.5, 0.6) is 0 Å². The molecule has 0 aromatic heterocycles. The van der Waals surface area contributed by atoms with Crippen molar-refractivity contribution < 1.29 is 9.84 Å². The molecular formula is C13H26N2O2. The Bertz CT molecular complexity index is 236. The van der Waals surface area contributed by atoms with Gasteiger partial charge in [-0.2, -0.15) is 0 Å². The molecule has 0 amide bonds. The van der Waals surface area contributed by atoms with Gasteiger partial charge in [-0.25, -0.2) is 0 Å². The summed E-state index contributed by atoms with van der Waals surface area (Å²) in [5.74, 6) is 0.654. The number of hydrogen-bond donors (Lipinski definition) is 2. The first kappa shape index (κ1) is 13.3. The first-order valence-corrected chi connectivity index (χ1v) is 6.78. The van der Waals surface area contributed by atoms with Crippen molar-refractivity contribution in [1.82, 2.24) is 10.2 Å². The molecule has 0 heterocycles. The fourth-order valence-electron chi connectivity index (χ4n) is 2.71. The summed E-state index contributed by atoms with van der Waals surface area (Å²) >= 11 is 0. The second kappa shape index (κ2) is 5.65. The quantitative estimate of drug-likeness (QED) is 0.616. The standard InChI is InChI=1S/C13H26N2O2/c1-14-13(10-16,11-3-4-11)9-15(7-8-17-2)12-5-6-12/h11-12,14,16H,3-10H2,1-2H3. The Morgan fingerprint density at radius 3 is 2.47 bits per heavy atom. The van der Waals surface area contributed by atoms with Crippen molar-refractivity contribution in [2.24, 2.45) is 5.92 Å². The van der Waals surface area contributed by atoms with Crippen molar-refractivity contribution in [1.29, 1.82) is 0 Å². The molecule has 2 N–H and O–H groups in total. The second-order valence-electron chi connectivity index (χ2n) is 5.53. The third-order valence-electron chi connectivity index (χ3n) is 4.27. The number of ether oxygens (including phenoxy) is 1. The first-order valence-electron chi connectivity index (χ1n) is 6.78. The molecule has 1 atom stereocenters. The fourth-order valence-corrected chi connectivity index (χ4v) is 2.71. The van der Waals surface area contributed by atoms with Crippen molar-refractivity contribution in [3.8, 4) is 0 Å². The monoisotopic (exact) mass is 242 g/mol. The van der Waals surface area contributed by atoms with Gasteiger partial charge in [0.25, 0.3) is 0 Å². The summed E-state index contributed by atoms with van der Waals surface area (Å²) in [5.41, 5.74) is -0.0870. The number of methoxy groups -OCH3 is 1. The molecule has 2 saturated carbocycles. The van der Waals surface area contributed by atoms with E-state index in [1.165, 1.54) is 25.7 Å². The first-order chi connectivity index (χ1) is 8.25. The highest BCUT2D eigenvalue weighted by Gasteiger charge is 2.46. The predicted molar refractivity (Wildman–Crippen MR) is 68.1 cm³/mol. The summed E-state index contributed by atoms with van der Waals surface area (Å²) in [6.07, 6.45) is 5.12. The minimum Gasteiger partial charge on any atom is -0.394 e. The van der Waals surface area contributed by atoms with Gasteiger partial charge in [-0.05, 0) is 38.6 Å². The lowest BCUT2D eigenvalue weighted by Crippen LogP contribution is -2.57. The molecule has 2 rings (SSSR count). The highest BCUT2D eigenvalue weighted by Crippen LogP contribution is 2.41. The van der Waals surface area contributed by atoms with Gasteiger partial charge in [0, 0.05) is 26.2 Å². The maximum absolute atomic E-state index is 9.74. The Hall–Kier alpha value is -0.160. The SMILES string of the molecule is CNC(CO)(CN(CCOC)C1CC1)C1CC1. The van der Waals surface area contributed by atoms with E-state index in [4.69, 9.17) is 4.74 Å². The van der Waals surface area contributed by atoms with E-state index < -0.39 is 0 Å². The summed E-state index contributed by atoms with van der Waals surface area (Å²) in [6, 6.07) is 0.725. The maximum Gasteiger partial charge on any atom is 0.0628 e. The number of likely N-dealkylation sites (N-methyl/N-ethyl adjacent to an activating group) is 1. The molecule has 2 aliphatic rings.